The molecule has 15 heavy (non-hydrogen) atoms. The first-order chi connectivity index (χ1) is 7.05. The number of alkyl halides is 3. The van der Waals surface area contributed by atoms with E-state index in [4.69, 9.17) is 0 Å². The molecule has 1 atom stereocenters. The number of nitrogens with zero attached hydrogens (tertiary/aromatic N) is 2. The maximum atomic E-state index is 12.9. The van der Waals surface area contributed by atoms with Crippen LogP contribution in [0.3, 0.4) is 0 Å². The molecule has 2 aliphatic rings. The molecular formula is C10H11F3N2. The lowest BCUT2D eigenvalue weighted by molar-refractivity contribution is -0.200. The van der Waals surface area contributed by atoms with Crippen LogP contribution < -0.4 is 0 Å². The Kier molecular flexibility index (Phi) is 1.58. The number of hydrogen-bond acceptors (Lipinski definition) is 1. The van der Waals surface area contributed by atoms with Gasteiger partial charge in [-0.25, -0.2) is 0 Å². The summed E-state index contributed by atoms with van der Waals surface area (Å²) < 4.78 is 40.3. The molecular weight excluding hydrogens is 205 g/mol. The highest BCUT2D eigenvalue weighted by atomic mass is 19.4. The van der Waals surface area contributed by atoms with Crippen molar-refractivity contribution >= 4 is 0 Å². The largest absolute Gasteiger partial charge is 0.396 e. The molecule has 1 unspecified atom stereocenters. The van der Waals surface area contributed by atoms with E-state index in [0.29, 0.717) is 6.42 Å². The SMILES string of the molecule is FC(F)(F)C1(C2CCc3ccnn32)CC1. The zero-order chi connectivity index (χ0) is 10.7. The lowest BCUT2D eigenvalue weighted by atomic mass is 9.94. The zero-order valence-corrected chi connectivity index (χ0v) is 8.09. The number of aryl methyl sites for hydroxylation is 1. The van der Waals surface area contributed by atoms with Crippen molar-refractivity contribution < 1.29 is 13.2 Å². The third-order valence-electron chi connectivity index (χ3n) is 3.71. The molecule has 1 saturated carbocycles. The van der Waals surface area contributed by atoms with Gasteiger partial charge in [0.15, 0.2) is 0 Å². The van der Waals surface area contributed by atoms with Crippen LogP contribution in [-0.4, -0.2) is 16.0 Å². The van der Waals surface area contributed by atoms with Gasteiger partial charge in [-0.3, -0.25) is 4.68 Å². The molecule has 0 saturated heterocycles. The Morgan fingerprint density at radius 1 is 1.40 bits per heavy atom. The van der Waals surface area contributed by atoms with Crippen molar-refractivity contribution in [3.8, 4) is 0 Å². The number of aromatic nitrogens is 2. The molecule has 3 rings (SSSR count). The summed E-state index contributed by atoms with van der Waals surface area (Å²) in [5, 5.41) is 4.01. The van der Waals surface area contributed by atoms with E-state index >= 15 is 0 Å². The number of hydrogen-bond donors (Lipinski definition) is 0. The first-order valence-corrected chi connectivity index (χ1v) is 5.14. The molecule has 1 aliphatic carbocycles. The molecule has 0 N–H and O–H groups in total. The highest BCUT2D eigenvalue weighted by Crippen LogP contribution is 2.65. The van der Waals surface area contributed by atoms with Crippen LogP contribution in [0.2, 0.25) is 0 Å². The molecule has 1 aromatic rings. The van der Waals surface area contributed by atoms with Crippen LogP contribution in [0.5, 0.6) is 0 Å². The van der Waals surface area contributed by atoms with Gasteiger partial charge in [0.05, 0.1) is 11.5 Å². The monoisotopic (exact) mass is 216 g/mol. The molecule has 0 radical (unpaired) electrons. The molecule has 0 bridgehead atoms. The average Bonchev–Trinajstić information content (AvgIpc) is 2.68. The van der Waals surface area contributed by atoms with Crippen LogP contribution in [0.15, 0.2) is 12.3 Å². The van der Waals surface area contributed by atoms with Crippen LogP contribution in [0.4, 0.5) is 13.2 Å². The molecule has 2 heterocycles. The Hall–Kier alpha value is -1.00. The van der Waals surface area contributed by atoms with Gasteiger partial charge in [-0.05, 0) is 31.7 Å². The van der Waals surface area contributed by atoms with Crippen molar-refractivity contribution in [2.24, 2.45) is 5.41 Å². The molecule has 5 heteroatoms. The minimum Gasteiger partial charge on any atom is -0.266 e. The second kappa shape index (κ2) is 2.57. The van der Waals surface area contributed by atoms with E-state index in [2.05, 4.69) is 5.10 Å². The van der Waals surface area contributed by atoms with E-state index in [9.17, 15) is 13.2 Å². The van der Waals surface area contributed by atoms with Crippen LogP contribution in [0.25, 0.3) is 0 Å². The summed E-state index contributed by atoms with van der Waals surface area (Å²) in [6, 6.07) is 1.36. The van der Waals surface area contributed by atoms with Crippen molar-refractivity contribution in [3.05, 3.63) is 18.0 Å². The van der Waals surface area contributed by atoms with E-state index < -0.39 is 17.6 Å². The van der Waals surface area contributed by atoms with Gasteiger partial charge in [0.25, 0.3) is 0 Å². The minimum atomic E-state index is -4.08. The summed E-state index contributed by atoms with van der Waals surface area (Å²) in [4.78, 5) is 0. The van der Waals surface area contributed by atoms with E-state index in [1.54, 1.807) is 10.9 Å². The van der Waals surface area contributed by atoms with Gasteiger partial charge in [0, 0.05) is 11.9 Å². The molecule has 0 amide bonds. The van der Waals surface area contributed by atoms with Crippen LogP contribution >= 0.6 is 0 Å². The summed E-state index contributed by atoms with van der Waals surface area (Å²) in [6.07, 6.45) is -0.648. The lowest BCUT2D eigenvalue weighted by Crippen LogP contribution is -2.33. The number of rotatable bonds is 1. The van der Waals surface area contributed by atoms with Gasteiger partial charge in [0.2, 0.25) is 0 Å². The maximum Gasteiger partial charge on any atom is 0.396 e. The number of halogens is 3. The highest BCUT2D eigenvalue weighted by Gasteiger charge is 2.68. The zero-order valence-electron chi connectivity index (χ0n) is 8.09. The predicted octanol–water partition coefficient (Wildman–Crippen LogP) is 2.71. The summed E-state index contributed by atoms with van der Waals surface area (Å²) >= 11 is 0. The first kappa shape index (κ1) is 9.24. The van der Waals surface area contributed by atoms with Crippen LogP contribution in [-0.2, 0) is 6.42 Å². The minimum absolute atomic E-state index is 0.264. The lowest BCUT2D eigenvalue weighted by Gasteiger charge is -2.26. The molecule has 0 spiro atoms. The maximum absolute atomic E-state index is 12.9. The van der Waals surface area contributed by atoms with Crippen LogP contribution in [0.1, 0.15) is 31.0 Å². The van der Waals surface area contributed by atoms with E-state index in [1.807, 2.05) is 6.07 Å². The molecule has 82 valence electrons. The second-order valence-electron chi connectivity index (χ2n) is 4.48. The standard InChI is InChI=1S/C10H11F3N2/c11-10(12,13)9(4-5-9)8-2-1-7-3-6-14-15(7)8/h3,6,8H,1-2,4-5H2. The Morgan fingerprint density at radius 3 is 2.73 bits per heavy atom. The van der Waals surface area contributed by atoms with Gasteiger partial charge >= 0.3 is 6.18 Å². The quantitative estimate of drug-likeness (QED) is 0.705. The predicted molar refractivity (Wildman–Crippen MR) is 47.3 cm³/mol. The van der Waals surface area contributed by atoms with Gasteiger partial charge < -0.3 is 0 Å². The highest BCUT2D eigenvalue weighted by molar-refractivity contribution is 5.15. The molecule has 0 aromatic carbocycles. The van der Waals surface area contributed by atoms with E-state index in [0.717, 1.165) is 12.1 Å². The fourth-order valence-corrected chi connectivity index (χ4v) is 2.68. The third-order valence-corrected chi connectivity index (χ3v) is 3.71. The summed E-state index contributed by atoms with van der Waals surface area (Å²) in [5.41, 5.74) is -0.528. The van der Waals surface area contributed by atoms with Crippen molar-refractivity contribution in [1.29, 1.82) is 0 Å². The molecule has 2 nitrogen and oxygen atoms in total. The fraction of sp³-hybridized carbons (Fsp3) is 0.700. The smallest absolute Gasteiger partial charge is 0.266 e. The normalized spacial score (nSPS) is 27.8. The fourth-order valence-electron chi connectivity index (χ4n) is 2.68. The summed E-state index contributed by atoms with van der Waals surface area (Å²) in [7, 11) is 0. The van der Waals surface area contributed by atoms with E-state index in [1.165, 1.54) is 0 Å². The van der Waals surface area contributed by atoms with E-state index in [-0.39, 0.29) is 12.8 Å². The first-order valence-electron chi connectivity index (χ1n) is 5.14. The average molecular weight is 216 g/mol. The Labute approximate surface area is 85.1 Å². The second-order valence-corrected chi connectivity index (χ2v) is 4.48. The van der Waals surface area contributed by atoms with Crippen molar-refractivity contribution in [2.45, 2.75) is 37.9 Å². The van der Waals surface area contributed by atoms with Gasteiger partial charge in [0.1, 0.15) is 0 Å². The van der Waals surface area contributed by atoms with Gasteiger partial charge in [-0.2, -0.15) is 18.3 Å². The summed E-state index contributed by atoms with van der Waals surface area (Å²) in [6.45, 7) is 0. The van der Waals surface area contributed by atoms with Crippen molar-refractivity contribution in [1.82, 2.24) is 9.78 Å². The molecule has 1 aliphatic heterocycles. The molecule has 1 aromatic heterocycles. The summed E-state index contributed by atoms with van der Waals surface area (Å²) in [5.74, 6) is 0. The van der Waals surface area contributed by atoms with Crippen molar-refractivity contribution in [3.63, 3.8) is 0 Å². The Balaban J connectivity index is 1.98. The van der Waals surface area contributed by atoms with Crippen LogP contribution in [0, 0.1) is 5.41 Å². The topological polar surface area (TPSA) is 17.8 Å². The third kappa shape index (κ3) is 1.09. The number of fused-ring (bicyclic) bond motifs is 1. The van der Waals surface area contributed by atoms with Gasteiger partial charge in [-0.1, -0.05) is 0 Å². The Bertz CT molecular complexity index is 390. The van der Waals surface area contributed by atoms with Crippen molar-refractivity contribution in [2.75, 3.05) is 0 Å². The Morgan fingerprint density at radius 2 is 2.13 bits per heavy atom. The van der Waals surface area contributed by atoms with Gasteiger partial charge in [-0.15, -0.1) is 0 Å². The molecule has 1 fully saturated rings.